The van der Waals surface area contributed by atoms with E-state index in [1.165, 1.54) is 9.80 Å². The SMILES string of the molecule is Cc1ccn(CCc2ccccc2)c(=O)c1C(=O)N1CCN2C(=O)CN(C)C(=O)C2C1. The Bertz CT molecular complexity index is 1080. The highest BCUT2D eigenvalue weighted by Gasteiger charge is 2.42. The van der Waals surface area contributed by atoms with Crippen molar-refractivity contribution in [3.63, 3.8) is 0 Å². The molecule has 4 rings (SSSR count). The first-order valence-corrected chi connectivity index (χ1v) is 10.4. The third-order valence-corrected chi connectivity index (χ3v) is 6.09. The molecule has 0 spiro atoms. The quantitative estimate of drug-likeness (QED) is 0.720. The predicted octanol–water partition coefficient (Wildman–Crippen LogP) is 0.524. The maximum Gasteiger partial charge on any atom is 0.263 e. The molecule has 1 aromatic carbocycles. The number of rotatable bonds is 4. The second kappa shape index (κ2) is 8.37. The lowest BCUT2D eigenvalue weighted by molar-refractivity contribution is -0.157. The average Bonchev–Trinajstić information content (AvgIpc) is 2.77. The highest BCUT2D eigenvalue weighted by molar-refractivity contribution is 5.98. The number of pyridine rings is 1. The van der Waals surface area contributed by atoms with Gasteiger partial charge in [-0.25, -0.2) is 0 Å². The van der Waals surface area contributed by atoms with Gasteiger partial charge in [-0.1, -0.05) is 30.3 Å². The van der Waals surface area contributed by atoms with E-state index in [-0.39, 0.29) is 41.9 Å². The van der Waals surface area contributed by atoms with Gasteiger partial charge in [-0.2, -0.15) is 0 Å². The van der Waals surface area contributed by atoms with E-state index in [9.17, 15) is 19.2 Å². The van der Waals surface area contributed by atoms with Crippen molar-refractivity contribution in [1.29, 1.82) is 0 Å². The van der Waals surface area contributed by atoms with Gasteiger partial charge in [-0.05, 0) is 30.5 Å². The zero-order valence-corrected chi connectivity index (χ0v) is 17.8. The maximum atomic E-state index is 13.3. The molecule has 0 radical (unpaired) electrons. The third-order valence-electron chi connectivity index (χ3n) is 6.09. The predicted molar refractivity (Wildman–Crippen MR) is 115 cm³/mol. The van der Waals surface area contributed by atoms with Crippen LogP contribution in [0.25, 0.3) is 0 Å². The number of benzene rings is 1. The minimum atomic E-state index is -0.687. The maximum absolute atomic E-state index is 13.3. The first-order chi connectivity index (χ1) is 14.9. The van der Waals surface area contributed by atoms with Crippen LogP contribution in [0.15, 0.2) is 47.4 Å². The largest absolute Gasteiger partial charge is 0.335 e. The summed E-state index contributed by atoms with van der Waals surface area (Å²) >= 11 is 0. The van der Waals surface area contributed by atoms with E-state index >= 15 is 0 Å². The van der Waals surface area contributed by atoms with Gasteiger partial charge in [0.2, 0.25) is 11.8 Å². The Balaban J connectivity index is 1.55. The Morgan fingerprint density at radius 3 is 2.55 bits per heavy atom. The number of carbonyl (C=O) groups is 3. The first kappa shape index (κ1) is 20.8. The van der Waals surface area contributed by atoms with Crippen LogP contribution in [0, 0.1) is 6.92 Å². The van der Waals surface area contributed by atoms with Crippen molar-refractivity contribution in [3.05, 3.63) is 69.6 Å². The van der Waals surface area contributed by atoms with Crippen LogP contribution >= 0.6 is 0 Å². The number of carbonyl (C=O) groups excluding carboxylic acids is 3. The summed E-state index contributed by atoms with van der Waals surface area (Å²) in [4.78, 5) is 55.7. The molecule has 3 amide bonds. The Hall–Kier alpha value is -3.42. The molecule has 2 aromatic rings. The molecule has 1 unspecified atom stereocenters. The second-order valence-corrected chi connectivity index (χ2v) is 8.16. The molecule has 1 atom stereocenters. The smallest absolute Gasteiger partial charge is 0.263 e. The molecular weight excluding hydrogens is 396 g/mol. The molecule has 31 heavy (non-hydrogen) atoms. The van der Waals surface area contributed by atoms with Crippen molar-refractivity contribution in [2.75, 3.05) is 33.2 Å². The first-order valence-electron chi connectivity index (χ1n) is 10.4. The fourth-order valence-corrected chi connectivity index (χ4v) is 4.26. The topological polar surface area (TPSA) is 82.9 Å². The number of fused-ring (bicyclic) bond motifs is 1. The summed E-state index contributed by atoms with van der Waals surface area (Å²) in [6.45, 7) is 2.98. The Morgan fingerprint density at radius 1 is 1.06 bits per heavy atom. The standard InChI is InChI=1S/C23H26N4O4/c1-16-8-10-25(11-9-17-6-4-3-5-7-17)22(30)20(16)23(31)26-12-13-27-18(14-26)21(29)24(2)15-19(27)28/h3-8,10,18H,9,11-15H2,1-2H3. The van der Waals surface area contributed by atoms with Gasteiger partial charge in [0.15, 0.2) is 0 Å². The molecule has 162 valence electrons. The molecule has 0 N–H and O–H groups in total. The normalized spacial score (nSPS) is 18.9. The van der Waals surface area contributed by atoms with E-state index in [1.807, 2.05) is 30.3 Å². The van der Waals surface area contributed by atoms with Gasteiger partial charge in [-0.15, -0.1) is 0 Å². The number of hydrogen-bond acceptors (Lipinski definition) is 4. The van der Waals surface area contributed by atoms with Crippen molar-refractivity contribution in [3.8, 4) is 0 Å². The van der Waals surface area contributed by atoms with Crippen molar-refractivity contribution in [2.45, 2.75) is 25.9 Å². The van der Waals surface area contributed by atoms with Gasteiger partial charge < -0.3 is 19.3 Å². The lowest BCUT2D eigenvalue weighted by Crippen LogP contribution is -2.66. The Morgan fingerprint density at radius 2 is 1.81 bits per heavy atom. The van der Waals surface area contributed by atoms with E-state index in [2.05, 4.69) is 0 Å². The average molecular weight is 422 g/mol. The number of piperazine rings is 2. The number of amides is 3. The molecule has 8 nitrogen and oxygen atoms in total. The van der Waals surface area contributed by atoms with E-state index in [4.69, 9.17) is 0 Å². The van der Waals surface area contributed by atoms with E-state index in [1.54, 1.807) is 35.7 Å². The lowest BCUT2D eigenvalue weighted by atomic mass is 10.0. The molecule has 0 saturated carbocycles. The summed E-state index contributed by atoms with van der Waals surface area (Å²) in [6.07, 6.45) is 2.40. The van der Waals surface area contributed by atoms with Crippen molar-refractivity contribution >= 4 is 17.7 Å². The van der Waals surface area contributed by atoms with Crippen LogP contribution in [0.2, 0.25) is 0 Å². The zero-order valence-electron chi connectivity index (χ0n) is 17.8. The second-order valence-electron chi connectivity index (χ2n) is 8.16. The van der Waals surface area contributed by atoms with Crippen LogP contribution in [-0.4, -0.2) is 76.3 Å². The fourth-order valence-electron chi connectivity index (χ4n) is 4.26. The molecule has 8 heteroatoms. The van der Waals surface area contributed by atoms with Gasteiger partial charge in [0.1, 0.15) is 11.6 Å². The summed E-state index contributed by atoms with van der Waals surface area (Å²) in [5.41, 5.74) is 1.53. The fraction of sp³-hybridized carbons (Fsp3) is 0.391. The number of likely N-dealkylation sites (N-methyl/N-ethyl adjacent to an activating group) is 1. The molecule has 0 aliphatic carbocycles. The molecule has 2 saturated heterocycles. The van der Waals surface area contributed by atoms with Gasteiger partial charge in [-0.3, -0.25) is 19.2 Å². The number of aryl methyl sites for hydroxylation is 3. The van der Waals surface area contributed by atoms with Crippen LogP contribution < -0.4 is 5.56 Å². The van der Waals surface area contributed by atoms with Crippen molar-refractivity contribution < 1.29 is 14.4 Å². The number of nitrogens with zero attached hydrogens (tertiary/aromatic N) is 4. The van der Waals surface area contributed by atoms with E-state index in [0.29, 0.717) is 31.6 Å². The molecular formula is C23H26N4O4. The lowest BCUT2D eigenvalue weighted by Gasteiger charge is -2.45. The van der Waals surface area contributed by atoms with Crippen LogP contribution in [0.3, 0.4) is 0 Å². The highest BCUT2D eigenvalue weighted by Crippen LogP contribution is 2.19. The van der Waals surface area contributed by atoms with E-state index < -0.39 is 6.04 Å². The highest BCUT2D eigenvalue weighted by atomic mass is 16.2. The summed E-state index contributed by atoms with van der Waals surface area (Å²) in [5.74, 6) is -0.676. The van der Waals surface area contributed by atoms with Gasteiger partial charge in [0.05, 0.1) is 13.1 Å². The zero-order chi connectivity index (χ0) is 22.1. The summed E-state index contributed by atoms with van der Waals surface area (Å²) in [6, 6.07) is 11.0. The number of hydrogen-bond donors (Lipinski definition) is 0. The van der Waals surface area contributed by atoms with Gasteiger partial charge in [0.25, 0.3) is 11.5 Å². The van der Waals surface area contributed by atoms with Crippen molar-refractivity contribution in [2.24, 2.45) is 0 Å². The van der Waals surface area contributed by atoms with Crippen LogP contribution in [0.5, 0.6) is 0 Å². The monoisotopic (exact) mass is 422 g/mol. The molecule has 0 bridgehead atoms. The Labute approximate surface area is 180 Å². The number of aromatic nitrogens is 1. The summed E-state index contributed by atoms with van der Waals surface area (Å²) in [5, 5.41) is 0. The molecule has 2 aliphatic heterocycles. The van der Waals surface area contributed by atoms with Crippen LogP contribution in [-0.2, 0) is 22.6 Å². The molecule has 3 heterocycles. The van der Waals surface area contributed by atoms with Crippen molar-refractivity contribution in [1.82, 2.24) is 19.3 Å². The molecule has 2 fully saturated rings. The van der Waals surface area contributed by atoms with E-state index in [0.717, 1.165) is 5.56 Å². The summed E-state index contributed by atoms with van der Waals surface area (Å²) < 4.78 is 1.56. The van der Waals surface area contributed by atoms with Crippen LogP contribution in [0.1, 0.15) is 21.5 Å². The molecule has 2 aliphatic rings. The summed E-state index contributed by atoms with van der Waals surface area (Å²) in [7, 11) is 1.59. The Kier molecular flexibility index (Phi) is 5.63. The van der Waals surface area contributed by atoms with Crippen LogP contribution in [0.4, 0.5) is 0 Å². The van der Waals surface area contributed by atoms with Gasteiger partial charge in [0, 0.05) is 32.9 Å². The minimum absolute atomic E-state index is 0.0627. The molecule has 1 aromatic heterocycles. The van der Waals surface area contributed by atoms with Gasteiger partial charge >= 0.3 is 0 Å². The minimum Gasteiger partial charge on any atom is -0.335 e. The third kappa shape index (κ3) is 3.97.